The van der Waals surface area contributed by atoms with E-state index < -0.39 is 0 Å². The van der Waals surface area contributed by atoms with E-state index in [9.17, 15) is 4.79 Å². The van der Waals surface area contributed by atoms with Gasteiger partial charge in [0, 0.05) is 15.6 Å². The van der Waals surface area contributed by atoms with Crippen LogP contribution in [0.5, 0.6) is 0 Å². The van der Waals surface area contributed by atoms with Crippen molar-refractivity contribution in [2.45, 2.75) is 20.4 Å². The Labute approximate surface area is 142 Å². The van der Waals surface area contributed by atoms with E-state index in [0.29, 0.717) is 11.4 Å². The van der Waals surface area contributed by atoms with Crippen LogP contribution in [0.3, 0.4) is 0 Å². The zero-order chi connectivity index (χ0) is 16.4. The molecular formula is C17H15BrN4O. The Morgan fingerprint density at radius 1 is 1.17 bits per heavy atom. The molecule has 0 aliphatic heterocycles. The first kappa shape index (κ1) is 15.6. The number of carbonyl (C=O) groups excluding carboxylic acids is 1. The molecule has 3 aromatic rings. The summed E-state index contributed by atoms with van der Waals surface area (Å²) in [7, 11) is 0. The minimum Gasteiger partial charge on any atom is -0.292 e. The van der Waals surface area contributed by atoms with E-state index in [1.165, 1.54) is 4.80 Å². The molecule has 0 aliphatic carbocycles. The van der Waals surface area contributed by atoms with Crippen LogP contribution in [-0.2, 0) is 6.54 Å². The smallest absolute Gasteiger partial charge is 0.206 e. The van der Waals surface area contributed by atoms with E-state index in [-0.39, 0.29) is 12.3 Å². The van der Waals surface area contributed by atoms with Gasteiger partial charge in [-0.25, -0.2) is 0 Å². The maximum Gasteiger partial charge on any atom is 0.206 e. The summed E-state index contributed by atoms with van der Waals surface area (Å²) in [4.78, 5) is 13.8. The summed E-state index contributed by atoms with van der Waals surface area (Å²) >= 11 is 3.46. The number of tetrazole rings is 1. The Bertz CT molecular complexity index is 873. The maximum atomic E-state index is 12.5. The highest BCUT2D eigenvalue weighted by Crippen LogP contribution is 2.24. The molecule has 0 saturated heterocycles. The summed E-state index contributed by atoms with van der Waals surface area (Å²) in [5.41, 5.74) is 3.55. The van der Waals surface area contributed by atoms with Crippen LogP contribution in [0, 0.1) is 13.8 Å². The predicted molar refractivity (Wildman–Crippen MR) is 91.2 cm³/mol. The molecule has 6 heteroatoms. The number of benzene rings is 2. The number of ketones is 1. The first-order valence-corrected chi connectivity index (χ1v) is 7.97. The van der Waals surface area contributed by atoms with Crippen molar-refractivity contribution in [2.75, 3.05) is 0 Å². The number of nitrogens with zero attached hydrogens (tertiary/aromatic N) is 4. The average Bonchev–Trinajstić information content (AvgIpc) is 2.98. The Morgan fingerprint density at radius 3 is 2.74 bits per heavy atom. The molecule has 0 saturated carbocycles. The highest BCUT2D eigenvalue weighted by atomic mass is 79.9. The van der Waals surface area contributed by atoms with Crippen molar-refractivity contribution in [3.8, 4) is 11.4 Å². The number of aromatic nitrogens is 4. The second kappa shape index (κ2) is 6.42. The fourth-order valence-electron chi connectivity index (χ4n) is 2.31. The molecular weight excluding hydrogens is 356 g/mol. The quantitative estimate of drug-likeness (QED) is 0.658. The lowest BCUT2D eigenvalue weighted by Crippen LogP contribution is -2.14. The molecule has 23 heavy (non-hydrogen) atoms. The summed E-state index contributed by atoms with van der Waals surface area (Å²) in [6.07, 6.45) is 0. The third-order valence-electron chi connectivity index (χ3n) is 3.55. The van der Waals surface area contributed by atoms with Gasteiger partial charge in [-0.15, -0.1) is 10.2 Å². The maximum absolute atomic E-state index is 12.5. The molecule has 2 aromatic carbocycles. The summed E-state index contributed by atoms with van der Waals surface area (Å²) in [5, 5.41) is 12.3. The fourth-order valence-corrected chi connectivity index (χ4v) is 2.77. The van der Waals surface area contributed by atoms with Crippen LogP contribution in [0.2, 0.25) is 0 Å². The minimum atomic E-state index is -0.0257. The van der Waals surface area contributed by atoms with Crippen LogP contribution in [0.1, 0.15) is 21.5 Å². The second-order valence-corrected chi connectivity index (χ2v) is 6.22. The van der Waals surface area contributed by atoms with Crippen LogP contribution in [0.15, 0.2) is 46.9 Å². The number of hydrogen-bond donors (Lipinski definition) is 0. The molecule has 0 spiro atoms. The number of Topliss-reactive ketones (excluding diaryl/α,β-unsaturated/α-hetero) is 1. The van der Waals surface area contributed by atoms with Crippen LogP contribution >= 0.6 is 15.9 Å². The molecule has 5 nitrogen and oxygen atoms in total. The number of aryl methyl sites for hydroxylation is 2. The molecule has 0 amide bonds. The third-order valence-corrected chi connectivity index (χ3v) is 4.24. The first-order chi connectivity index (χ1) is 11.0. The second-order valence-electron chi connectivity index (χ2n) is 5.36. The SMILES string of the molecule is Cc1ccc(C)c(C(=O)Cn2nnc(-c3ccccc3Br)n2)c1. The van der Waals surface area contributed by atoms with Gasteiger partial charge in [0.25, 0.3) is 0 Å². The number of hydrogen-bond acceptors (Lipinski definition) is 4. The lowest BCUT2D eigenvalue weighted by atomic mass is 10.0. The Kier molecular flexibility index (Phi) is 4.34. The topological polar surface area (TPSA) is 60.7 Å². The van der Waals surface area contributed by atoms with E-state index in [0.717, 1.165) is 21.2 Å². The van der Waals surface area contributed by atoms with Crippen LogP contribution in [0.4, 0.5) is 0 Å². The van der Waals surface area contributed by atoms with Crippen molar-refractivity contribution in [2.24, 2.45) is 0 Å². The minimum absolute atomic E-state index is 0.0257. The highest BCUT2D eigenvalue weighted by molar-refractivity contribution is 9.10. The Hall–Kier alpha value is -2.34. The lowest BCUT2D eigenvalue weighted by molar-refractivity contribution is 0.0960. The van der Waals surface area contributed by atoms with Gasteiger partial charge in [0.1, 0.15) is 6.54 Å². The van der Waals surface area contributed by atoms with Crippen molar-refractivity contribution in [1.82, 2.24) is 20.2 Å². The molecule has 0 N–H and O–H groups in total. The van der Waals surface area contributed by atoms with Gasteiger partial charge in [0.05, 0.1) is 0 Å². The molecule has 0 fully saturated rings. The monoisotopic (exact) mass is 370 g/mol. The Balaban J connectivity index is 1.83. The average molecular weight is 371 g/mol. The van der Waals surface area contributed by atoms with E-state index in [4.69, 9.17) is 0 Å². The molecule has 0 bridgehead atoms. The van der Waals surface area contributed by atoms with E-state index in [1.807, 2.05) is 56.3 Å². The zero-order valence-corrected chi connectivity index (χ0v) is 14.4. The molecule has 116 valence electrons. The Morgan fingerprint density at radius 2 is 1.96 bits per heavy atom. The summed E-state index contributed by atoms with van der Waals surface area (Å²) in [6, 6.07) is 13.5. The van der Waals surface area contributed by atoms with Crippen LogP contribution < -0.4 is 0 Å². The number of rotatable bonds is 4. The molecule has 0 unspecified atom stereocenters. The van der Waals surface area contributed by atoms with E-state index in [2.05, 4.69) is 31.3 Å². The first-order valence-electron chi connectivity index (χ1n) is 7.18. The van der Waals surface area contributed by atoms with Crippen molar-refractivity contribution in [3.05, 3.63) is 63.6 Å². The molecule has 0 atom stereocenters. The van der Waals surface area contributed by atoms with Crippen molar-refractivity contribution in [1.29, 1.82) is 0 Å². The van der Waals surface area contributed by atoms with Gasteiger partial charge in [-0.1, -0.05) is 45.8 Å². The zero-order valence-electron chi connectivity index (χ0n) is 12.8. The standard InChI is InChI=1S/C17H15BrN4O/c1-11-7-8-12(2)14(9-11)16(23)10-22-20-17(19-21-22)13-5-3-4-6-15(13)18/h3-9H,10H2,1-2H3. The molecule has 0 aliphatic rings. The van der Waals surface area contributed by atoms with Gasteiger partial charge in [0.2, 0.25) is 5.82 Å². The molecule has 0 radical (unpaired) electrons. The van der Waals surface area contributed by atoms with Crippen LogP contribution in [-0.4, -0.2) is 26.0 Å². The van der Waals surface area contributed by atoms with E-state index >= 15 is 0 Å². The highest BCUT2D eigenvalue weighted by Gasteiger charge is 2.14. The normalized spacial score (nSPS) is 10.7. The summed E-state index contributed by atoms with van der Waals surface area (Å²) in [5.74, 6) is 0.466. The lowest BCUT2D eigenvalue weighted by Gasteiger charge is -2.05. The van der Waals surface area contributed by atoms with Crippen molar-refractivity contribution >= 4 is 21.7 Å². The van der Waals surface area contributed by atoms with Crippen molar-refractivity contribution < 1.29 is 4.79 Å². The summed E-state index contributed by atoms with van der Waals surface area (Å²) < 4.78 is 0.889. The number of halogens is 1. The van der Waals surface area contributed by atoms with Gasteiger partial charge >= 0.3 is 0 Å². The van der Waals surface area contributed by atoms with Gasteiger partial charge in [-0.2, -0.15) is 4.80 Å². The third kappa shape index (κ3) is 3.37. The number of carbonyl (C=O) groups is 1. The van der Waals surface area contributed by atoms with Crippen molar-refractivity contribution in [3.63, 3.8) is 0 Å². The largest absolute Gasteiger partial charge is 0.292 e. The van der Waals surface area contributed by atoms with Gasteiger partial charge < -0.3 is 0 Å². The molecule has 1 aromatic heterocycles. The summed E-state index contributed by atoms with van der Waals surface area (Å²) in [6.45, 7) is 3.96. The van der Waals surface area contributed by atoms with Gasteiger partial charge in [0.15, 0.2) is 5.78 Å². The van der Waals surface area contributed by atoms with Gasteiger partial charge in [-0.05, 0) is 42.8 Å². The predicted octanol–water partition coefficient (Wildman–Crippen LogP) is 3.60. The molecule has 1 heterocycles. The van der Waals surface area contributed by atoms with E-state index in [1.54, 1.807) is 0 Å². The molecule has 3 rings (SSSR count). The van der Waals surface area contributed by atoms with Gasteiger partial charge in [-0.3, -0.25) is 4.79 Å². The fraction of sp³-hybridized carbons (Fsp3) is 0.176. The van der Waals surface area contributed by atoms with Crippen LogP contribution in [0.25, 0.3) is 11.4 Å².